The molecule has 9 heteroatoms. The van der Waals surface area contributed by atoms with E-state index in [0.29, 0.717) is 30.3 Å². The summed E-state index contributed by atoms with van der Waals surface area (Å²) in [6.07, 6.45) is 0.199. The number of hydroxylamine groups is 1. The van der Waals surface area contributed by atoms with E-state index in [2.05, 4.69) is 0 Å². The van der Waals surface area contributed by atoms with Crippen molar-refractivity contribution in [3.05, 3.63) is 48.5 Å². The number of nitrogens with zero attached hydrogens (tertiary/aromatic N) is 1. The van der Waals surface area contributed by atoms with Crippen LogP contribution in [0.4, 0.5) is 0 Å². The molecule has 1 aliphatic heterocycles. The fourth-order valence-electron chi connectivity index (χ4n) is 3.39. The molecule has 29 heavy (non-hydrogen) atoms. The minimum absolute atomic E-state index is 0.00716. The lowest BCUT2D eigenvalue weighted by Gasteiger charge is -2.38. The van der Waals surface area contributed by atoms with Crippen molar-refractivity contribution >= 4 is 15.7 Å². The molecule has 0 spiro atoms. The highest BCUT2D eigenvalue weighted by molar-refractivity contribution is 7.93. The number of hydrogen-bond donors (Lipinski definition) is 2. The molecule has 1 saturated heterocycles. The normalized spacial score (nSPS) is 16.8. The van der Waals surface area contributed by atoms with Crippen LogP contribution in [0.3, 0.4) is 0 Å². The molecule has 1 aliphatic rings. The molecule has 1 fully saturated rings. The van der Waals surface area contributed by atoms with E-state index in [1.54, 1.807) is 36.9 Å². The Morgan fingerprint density at radius 2 is 1.48 bits per heavy atom. The Balaban J connectivity index is 1.85. The molecule has 0 aromatic heterocycles. The van der Waals surface area contributed by atoms with Gasteiger partial charge < -0.3 is 14.4 Å². The lowest BCUT2D eigenvalue weighted by molar-refractivity contribution is -0.133. The smallest absolute Gasteiger partial charge is 0.265 e. The molecular weight excluding hydrogens is 396 g/mol. The maximum atomic E-state index is 13.3. The SMILES string of the molecule is COc1ccc(Oc2ccc(S(=O)(=O)C3(C(=O)NO)CCN(C)CC3)cc2)cc1. The predicted octanol–water partition coefficient (Wildman–Crippen LogP) is 2.23. The van der Waals surface area contributed by atoms with Gasteiger partial charge in [0.05, 0.1) is 12.0 Å². The topological polar surface area (TPSA) is 105 Å². The van der Waals surface area contributed by atoms with Gasteiger partial charge in [0, 0.05) is 0 Å². The molecule has 2 N–H and O–H groups in total. The molecule has 8 nitrogen and oxygen atoms in total. The van der Waals surface area contributed by atoms with Crippen LogP contribution in [-0.4, -0.2) is 56.4 Å². The molecule has 1 amide bonds. The number of ether oxygens (including phenoxy) is 2. The highest BCUT2D eigenvalue weighted by Gasteiger charge is 2.52. The minimum atomic E-state index is -4.03. The monoisotopic (exact) mass is 420 g/mol. The second-order valence-corrected chi connectivity index (χ2v) is 9.25. The molecule has 0 aliphatic carbocycles. The van der Waals surface area contributed by atoms with Gasteiger partial charge in [-0.05, 0) is 81.5 Å². The number of carbonyl (C=O) groups excluding carboxylic acids is 1. The summed E-state index contributed by atoms with van der Waals surface area (Å²) in [7, 11) is -0.595. The van der Waals surface area contributed by atoms with Crippen molar-refractivity contribution in [2.24, 2.45) is 0 Å². The lowest BCUT2D eigenvalue weighted by Crippen LogP contribution is -2.57. The van der Waals surface area contributed by atoms with E-state index in [1.807, 2.05) is 11.9 Å². The van der Waals surface area contributed by atoms with Gasteiger partial charge in [0.2, 0.25) is 0 Å². The second-order valence-electron chi connectivity index (χ2n) is 6.99. The van der Waals surface area contributed by atoms with Crippen molar-refractivity contribution in [1.82, 2.24) is 10.4 Å². The Hall–Kier alpha value is -2.62. The average molecular weight is 420 g/mol. The van der Waals surface area contributed by atoms with Crippen LogP contribution in [-0.2, 0) is 14.6 Å². The van der Waals surface area contributed by atoms with Gasteiger partial charge in [-0.2, -0.15) is 0 Å². The highest BCUT2D eigenvalue weighted by Crippen LogP contribution is 2.36. The standard InChI is InChI=1S/C20H24N2O6S/c1-22-13-11-20(12-14-22,19(23)21-24)29(25,26)18-9-7-17(8-10-18)28-16-5-3-15(27-2)4-6-16/h3-10,24H,11-14H2,1-2H3,(H,21,23). The molecule has 0 radical (unpaired) electrons. The Kier molecular flexibility index (Phi) is 6.11. The van der Waals surface area contributed by atoms with E-state index in [9.17, 15) is 13.2 Å². The number of amides is 1. The van der Waals surface area contributed by atoms with Crippen molar-refractivity contribution in [3.8, 4) is 17.2 Å². The number of sulfone groups is 1. The van der Waals surface area contributed by atoms with E-state index in [1.165, 1.54) is 24.3 Å². The summed E-state index contributed by atoms with van der Waals surface area (Å²) in [6.45, 7) is 0.872. The number of carbonyl (C=O) groups is 1. The van der Waals surface area contributed by atoms with Crippen molar-refractivity contribution < 1.29 is 27.9 Å². The zero-order chi connectivity index (χ0) is 21.1. The lowest BCUT2D eigenvalue weighted by atomic mass is 9.95. The van der Waals surface area contributed by atoms with Gasteiger partial charge in [0.1, 0.15) is 17.2 Å². The number of hydrogen-bond acceptors (Lipinski definition) is 7. The third-order valence-corrected chi connectivity index (χ3v) is 7.77. The summed E-state index contributed by atoms with van der Waals surface area (Å²) in [5.74, 6) is 0.833. The van der Waals surface area contributed by atoms with Crippen molar-refractivity contribution in [1.29, 1.82) is 0 Å². The summed E-state index contributed by atoms with van der Waals surface area (Å²) in [4.78, 5) is 14.3. The second kappa shape index (κ2) is 8.40. The van der Waals surface area contributed by atoms with E-state index in [4.69, 9.17) is 14.7 Å². The molecule has 0 bridgehead atoms. The van der Waals surface area contributed by atoms with Gasteiger partial charge in [-0.1, -0.05) is 0 Å². The van der Waals surface area contributed by atoms with E-state index >= 15 is 0 Å². The molecule has 0 unspecified atom stereocenters. The Labute approximate surface area is 169 Å². The molecule has 1 heterocycles. The first-order chi connectivity index (χ1) is 13.8. The van der Waals surface area contributed by atoms with Gasteiger partial charge in [-0.15, -0.1) is 0 Å². The summed E-state index contributed by atoms with van der Waals surface area (Å²) in [5.41, 5.74) is 1.55. The Bertz CT molecular complexity index is 949. The first-order valence-electron chi connectivity index (χ1n) is 9.12. The van der Waals surface area contributed by atoms with Crippen molar-refractivity contribution in [2.75, 3.05) is 27.2 Å². The van der Waals surface area contributed by atoms with Crippen LogP contribution in [0, 0.1) is 0 Å². The number of nitrogens with one attached hydrogen (secondary N) is 1. The number of methoxy groups -OCH3 is 1. The van der Waals surface area contributed by atoms with Crippen LogP contribution in [0.5, 0.6) is 17.2 Å². The zero-order valence-corrected chi connectivity index (χ0v) is 17.1. The molecule has 0 saturated carbocycles. The molecule has 3 rings (SSSR count). The van der Waals surface area contributed by atoms with Crippen LogP contribution in [0.2, 0.25) is 0 Å². The number of likely N-dealkylation sites (tertiary alicyclic amines) is 1. The van der Waals surface area contributed by atoms with Crippen LogP contribution in [0.1, 0.15) is 12.8 Å². The van der Waals surface area contributed by atoms with E-state index in [-0.39, 0.29) is 17.7 Å². The number of piperidine rings is 1. The maximum Gasteiger partial charge on any atom is 0.265 e. The predicted molar refractivity (Wildman–Crippen MR) is 106 cm³/mol. The summed E-state index contributed by atoms with van der Waals surface area (Å²) in [5, 5.41) is 9.17. The first-order valence-corrected chi connectivity index (χ1v) is 10.6. The van der Waals surface area contributed by atoms with Crippen LogP contribution in [0.15, 0.2) is 53.4 Å². The Morgan fingerprint density at radius 3 is 1.97 bits per heavy atom. The molecule has 2 aromatic rings. The third kappa shape index (κ3) is 4.07. The minimum Gasteiger partial charge on any atom is -0.497 e. The van der Waals surface area contributed by atoms with E-state index < -0.39 is 20.5 Å². The summed E-state index contributed by atoms with van der Waals surface area (Å²) >= 11 is 0. The summed E-state index contributed by atoms with van der Waals surface area (Å²) < 4.78 is 35.7. The third-order valence-electron chi connectivity index (χ3n) is 5.25. The van der Waals surface area contributed by atoms with Crippen molar-refractivity contribution in [3.63, 3.8) is 0 Å². The first kappa shape index (κ1) is 21.1. The maximum absolute atomic E-state index is 13.3. The van der Waals surface area contributed by atoms with Gasteiger partial charge in [-0.25, -0.2) is 13.9 Å². The molecular formula is C20H24N2O6S. The Morgan fingerprint density at radius 1 is 1.00 bits per heavy atom. The molecule has 156 valence electrons. The number of benzene rings is 2. The number of rotatable bonds is 6. The fraction of sp³-hybridized carbons (Fsp3) is 0.350. The summed E-state index contributed by atoms with van der Waals surface area (Å²) in [6, 6.07) is 12.9. The van der Waals surface area contributed by atoms with Gasteiger partial charge in [0.15, 0.2) is 14.6 Å². The quantitative estimate of drug-likeness (QED) is 0.545. The average Bonchev–Trinajstić information content (AvgIpc) is 2.74. The largest absolute Gasteiger partial charge is 0.497 e. The van der Waals surface area contributed by atoms with Gasteiger partial charge in [0.25, 0.3) is 5.91 Å². The zero-order valence-electron chi connectivity index (χ0n) is 16.3. The van der Waals surface area contributed by atoms with Crippen LogP contribution >= 0.6 is 0 Å². The highest BCUT2D eigenvalue weighted by atomic mass is 32.2. The van der Waals surface area contributed by atoms with Gasteiger partial charge in [-0.3, -0.25) is 10.0 Å². The van der Waals surface area contributed by atoms with Crippen molar-refractivity contribution in [2.45, 2.75) is 22.5 Å². The van der Waals surface area contributed by atoms with Crippen LogP contribution in [0.25, 0.3) is 0 Å². The molecule has 0 atom stereocenters. The fourth-order valence-corrected chi connectivity index (χ4v) is 5.35. The van der Waals surface area contributed by atoms with E-state index in [0.717, 1.165) is 0 Å². The molecule has 2 aromatic carbocycles. The van der Waals surface area contributed by atoms with Gasteiger partial charge >= 0.3 is 0 Å². The van der Waals surface area contributed by atoms with Crippen LogP contribution < -0.4 is 15.0 Å².